The molecule has 0 saturated carbocycles. The minimum absolute atomic E-state index is 0.0141. The Kier molecular flexibility index (Phi) is 3.08. The molecular weight excluding hydrogens is 278 g/mol. The van der Waals surface area contributed by atoms with Gasteiger partial charge >= 0.3 is 0 Å². The van der Waals surface area contributed by atoms with Crippen molar-refractivity contribution in [2.75, 3.05) is 0 Å². The Morgan fingerprint density at radius 3 is 2.53 bits per heavy atom. The molecule has 0 atom stereocenters. The van der Waals surface area contributed by atoms with Crippen LogP contribution in [0.25, 0.3) is 11.4 Å². The lowest BCUT2D eigenvalue weighted by atomic mass is 10.1. The van der Waals surface area contributed by atoms with Crippen molar-refractivity contribution in [1.29, 1.82) is 0 Å². The Morgan fingerprint density at radius 2 is 1.94 bits per heavy atom. The van der Waals surface area contributed by atoms with E-state index in [0.29, 0.717) is 0 Å². The highest BCUT2D eigenvalue weighted by atomic mass is 79.9. The zero-order valence-corrected chi connectivity index (χ0v) is 12.1. The van der Waals surface area contributed by atoms with Gasteiger partial charge in [0.25, 0.3) is 0 Å². The molecule has 0 aliphatic carbocycles. The smallest absolute Gasteiger partial charge is 0.164 e. The predicted octanol–water partition coefficient (Wildman–Crippen LogP) is 3.77. The van der Waals surface area contributed by atoms with Crippen LogP contribution >= 0.6 is 15.9 Å². The van der Waals surface area contributed by atoms with Crippen LogP contribution in [0.2, 0.25) is 0 Å². The molecule has 1 heterocycles. The van der Waals surface area contributed by atoms with Gasteiger partial charge < -0.3 is 4.57 Å². The van der Waals surface area contributed by atoms with Crippen molar-refractivity contribution < 1.29 is 0 Å². The number of rotatable bonds is 1. The van der Waals surface area contributed by atoms with E-state index in [-0.39, 0.29) is 5.54 Å². The molecule has 0 spiro atoms. The highest BCUT2D eigenvalue weighted by molar-refractivity contribution is 9.10. The average Bonchev–Trinajstić information content (AvgIpc) is 2.70. The molecule has 2 rings (SSSR count). The minimum Gasteiger partial charge on any atom is -0.308 e. The molecule has 2 aromatic rings. The molecule has 4 heteroatoms. The number of benzene rings is 1. The van der Waals surface area contributed by atoms with E-state index in [1.54, 1.807) is 6.33 Å². The van der Waals surface area contributed by atoms with E-state index in [0.717, 1.165) is 15.9 Å². The molecule has 1 aromatic carbocycles. The molecule has 0 aliphatic heterocycles. The number of aromatic nitrogens is 3. The summed E-state index contributed by atoms with van der Waals surface area (Å²) >= 11 is 3.51. The highest BCUT2D eigenvalue weighted by Crippen LogP contribution is 2.26. The maximum atomic E-state index is 4.22. The number of halogens is 1. The molecule has 0 aliphatic rings. The van der Waals surface area contributed by atoms with Gasteiger partial charge in [-0.2, -0.15) is 0 Å². The van der Waals surface area contributed by atoms with Crippen LogP contribution in [0.1, 0.15) is 26.3 Å². The van der Waals surface area contributed by atoms with Crippen LogP contribution in [-0.4, -0.2) is 14.8 Å². The Morgan fingerprint density at radius 1 is 1.24 bits per heavy atom. The Labute approximate surface area is 110 Å². The molecule has 17 heavy (non-hydrogen) atoms. The van der Waals surface area contributed by atoms with E-state index in [1.165, 1.54) is 5.56 Å². The summed E-state index contributed by atoms with van der Waals surface area (Å²) in [6.45, 7) is 8.51. The fraction of sp³-hybridized carbons (Fsp3) is 0.385. The molecule has 1 aromatic heterocycles. The highest BCUT2D eigenvalue weighted by Gasteiger charge is 2.18. The normalized spacial score (nSPS) is 11.8. The molecule has 0 bridgehead atoms. The number of hydrogen-bond donors (Lipinski definition) is 0. The van der Waals surface area contributed by atoms with Gasteiger partial charge in [-0.1, -0.05) is 22.0 Å². The molecular formula is C13H16BrN3. The predicted molar refractivity (Wildman–Crippen MR) is 72.9 cm³/mol. The van der Waals surface area contributed by atoms with Gasteiger partial charge in [-0.05, 0) is 45.4 Å². The second-order valence-corrected chi connectivity index (χ2v) is 6.01. The van der Waals surface area contributed by atoms with Crippen LogP contribution < -0.4 is 0 Å². The van der Waals surface area contributed by atoms with Crippen LogP contribution in [0.4, 0.5) is 0 Å². The first-order valence-corrected chi connectivity index (χ1v) is 6.36. The summed E-state index contributed by atoms with van der Waals surface area (Å²) in [5.74, 6) is 0.910. The zero-order valence-electron chi connectivity index (χ0n) is 10.5. The van der Waals surface area contributed by atoms with Crippen molar-refractivity contribution in [2.24, 2.45) is 0 Å². The fourth-order valence-corrected chi connectivity index (χ4v) is 1.95. The van der Waals surface area contributed by atoms with Crippen LogP contribution in [0.3, 0.4) is 0 Å². The third-order valence-corrected chi connectivity index (χ3v) is 3.58. The van der Waals surface area contributed by atoms with Crippen LogP contribution in [-0.2, 0) is 5.54 Å². The first-order valence-electron chi connectivity index (χ1n) is 5.56. The molecule has 0 radical (unpaired) electrons. The lowest BCUT2D eigenvalue weighted by molar-refractivity contribution is 0.400. The molecule has 90 valence electrons. The standard InChI is InChI=1S/C13H16BrN3/c1-9-7-10(5-6-11(9)14)12-16-15-8-17(12)13(2,3)4/h5-8H,1-4H3. The first kappa shape index (κ1) is 12.3. The molecule has 3 nitrogen and oxygen atoms in total. The first-order chi connectivity index (χ1) is 7.89. The third-order valence-electron chi connectivity index (χ3n) is 2.69. The topological polar surface area (TPSA) is 30.7 Å². The number of aryl methyl sites for hydroxylation is 1. The quantitative estimate of drug-likeness (QED) is 0.801. The van der Waals surface area contributed by atoms with Crippen molar-refractivity contribution in [3.63, 3.8) is 0 Å². The van der Waals surface area contributed by atoms with Crippen LogP contribution in [0.15, 0.2) is 29.0 Å². The largest absolute Gasteiger partial charge is 0.308 e. The number of nitrogens with zero attached hydrogens (tertiary/aromatic N) is 3. The van der Waals surface area contributed by atoms with E-state index in [4.69, 9.17) is 0 Å². The second kappa shape index (κ2) is 4.26. The van der Waals surface area contributed by atoms with Gasteiger partial charge in [-0.25, -0.2) is 0 Å². The summed E-state index contributed by atoms with van der Waals surface area (Å²) in [6, 6.07) is 6.23. The monoisotopic (exact) mass is 293 g/mol. The van der Waals surface area contributed by atoms with E-state index in [2.05, 4.69) is 70.5 Å². The van der Waals surface area contributed by atoms with Gasteiger partial charge in [-0.15, -0.1) is 10.2 Å². The molecule has 0 amide bonds. The van der Waals surface area contributed by atoms with E-state index in [9.17, 15) is 0 Å². The van der Waals surface area contributed by atoms with Gasteiger partial charge in [0.2, 0.25) is 0 Å². The van der Waals surface area contributed by atoms with Gasteiger partial charge in [0.15, 0.2) is 5.82 Å². The molecule has 0 saturated heterocycles. The lowest BCUT2D eigenvalue weighted by Gasteiger charge is -2.22. The molecule has 0 fully saturated rings. The summed E-state index contributed by atoms with van der Waals surface area (Å²) < 4.78 is 3.21. The summed E-state index contributed by atoms with van der Waals surface area (Å²) in [6.07, 6.45) is 1.78. The fourth-order valence-electron chi connectivity index (χ4n) is 1.71. The third kappa shape index (κ3) is 2.41. The average molecular weight is 294 g/mol. The second-order valence-electron chi connectivity index (χ2n) is 5.16. The van der Waals surface area contributed by atoms with Gasteiger partial charge in [0, 0.05) is 15.6 Å². The molecule has 0 N–H and O–H groups in total. The van der Waals surface area contributed by atoms with Crippen LogP contribution in [0.5, 0.6) is 0 Å². The summed E-state index contributed by atoms with van der Waals surface area (Å²) in [7, 11) is 0. The van der Waals surface area contributed by atoms with Crippen molar-refractivity contribution in [3.05, 3.63) is 34.6 Å². The van der Waals surface area contributed by atoms with Gasteiger partial charge in [-0.3, -0.25) is 0 Å². The number of hydrogen-bond acceptors (Lipinski definition) is 2. The summed E-state index contributed by atoms with van der Waals surface area (Å²) in [5, 5.41) is 8.24. The molecule has 0 unspecified atom stereocenters. The van der Waals surface area contributed by atoms with Gasteiger partial charge in [0.05, 0.1) is 0 Å². The minimum atomic E-state index is -0.0141. The van der Waals surface area contributed by atoms with Crippen molar-refractivity contribution in [2.45, 2.75) is 33.2 Å². The van der Waals surface area contributed by atoms with Crippen LogP contribution in [0, 0.1) is 6.92 Å². The Hall–Kier alpha value is -1.16. The van der Waals surface area contributed by atoms with Crippen molar-refractivity contribution in [3.8, 4) is 11.4 Å². The van der Waals surface area contributed by atoms with Crippen molar-refractivity contribution >= 4 is 15.9 Å². The maximum absolute atomic E-state index is 4.22. The van der Waals surface area contributed by atoms with E-state index in [1.807, 2.05) is 6.07 Å². The van der Waals surface area contributed by atoms with E-state index < -0.39 is 0 Å². The lowest BCUT2D eigenvalue weighted by Crippen LogP contribution is -2.21. The SMILES string of the molecule is Cc1cc(-c2nncn2C(C)(C)C)ccc1Br. The van der Waals surface area contributed by atoms with Crippen molar-refractivity contribution in [1.82, 2.24) is 14.8 Å². The Bertz CT molecular complexity index is 538. The Balaban J connectivity index is 2.54. The van der Waals surface area contributed by atoms with Gasteiger partial charge in [0.1, 0.15) is 6.33 Å². The summed E-state index contributed by atoms with van der Waals surface area (Å²) in [4.78, 5) is 0. The maximum Gasteiger partial charge on any atom is 0.164 e. The zero-order chi connectivity index (χ0) is 12.6. The van der Waals surface area contributed by atoms with E-state index >= 15 is 0 Å². The summed E-state index contributed by atoms with van der Waals surface area (Å²) in [5.41, 5.74) is 2.28.